The largest absolute Gasteiger partial charge is 0.493 e. The molecule has 1 aromatic rings. The van der Waals surface area contributed by atoms with Crippen LogP contribution in [-0.2, 0) is 20.8 Å². The summed E-state index contributed by atoms with van der Waals surface area (Å²) in [6.45, 7) is -0.881. The van der Waals surface area contributed by atoms with Gasteiger partial charge in [-0.3, -0.25) is 0 Å². The minimum absolute atomic E-state index is 0.162. The summed E-state index contributed by atoms with van der Waals surface area (Å²) in [4.78, 5) is 0. The number of hydrogen-bond donors (Lipinski definition) is 7. The number of hydrogen-bond acceptors (Lipinski definition) is 12. The summed E-state index contributed by atoms with van der Waals surface area (Å²) < 4.78 is 26.9. The molecule has 0 amide bonds. The van der Waals surface area contributed by atoms with Gasteiger partial charge in [0.2, 0.25) is 6.29 Å². The third kappa shape index (κ3) is 5.26. The van der Waals surface area contributed by atoms with Crippen LogP contribution in [-0.4, -0.2) is 111 Å². The first-order chi connectivity index (χ1) is 14.8. The second-order valence-corrected chi connectivity index (χ2v) is 7.36. The zero-order valence-corrected chi connectivity index (χ0v) is 16.7. The highest BCUT2D eigenvalue weighted by Crippen LogP contribution is 2.32. The second-order valence-electron chi connectivity index (χ2n) is 7.36. The van der Waals surface area contributed by atoms with E-state index in [4.69, 9.17) is 23.7 Å². The van der Waals surface area contributed by atoms with Gasteiger partial charge in [0.15, 0.2) is 17.8 Å². The van der Waals surface area contributed by atoms with Crippen LogP contribution >= 0.6 is 0 Å². The van der Waals surface area contributed by atoms with E-state index >= 15 is 0 Å². The molecule has 2 aliphatic rings. The van der Waals surface area contributed by atoms with Crippen molar-refractivity contribution in [3.05, 3.63) is 23.8 Å². The molecule has 1 aromatic carbocycles. The van der Waals surface area contributed by atoms with Crippen molar-refractivity contribution < 1.29 is 59.4 Å². The van der Waals surface area contributed by atoms with E-state index in [9.17, 15) is 35.7 Å². The molecule has 0 bridgehead atoms. The van der Waals surface area contributed by atoms with E-state index in [2.05, 4.69) is 0 Å². The highest BCUT2D eigenvalue weighted by atomic mass is 16.7. The van der Waals surface area contributed by atoms with Crippen molar-refractivity contribution in [2.45, 2.75) is 61.9 Å². The standard InChI is InChI=1S/C19H28O12/c1-27-11-4-8(5-20)2-3-10(11)30-19-17(26)15(24)14(23)12(31-19)7-29-18-16(25)13(22)9(21)6-28-18/h2-4,9,12-26H,5-7H2,1H3. The molecule has 0 radical (unpaired) electrons. The number of aliphatic hydroxyl groups is 7. The quantitative estimate of drug-likeness (QED) is 0.222. The third-order valence-corrected chi connectivity index (χ3v) is 5.20. The van der Waals surface area contributed by atoms with Crippen LogP contribution in [0.3, 0.4) is 0 Å². The van der Waals surface area contributed by atoms with E-state index < -0.39 is 61.9 Å². The molecule has 176 valence electrons. The fourth-order valence-electron chi connectivity index (χ4n) is 3.30. The Hall–Kier alpha value is -1.58. The second kappa shape index (κ2) is 10.4. The van der Waals surface area contributed by atoms with E-state index in [0.717, 1.165) is 0 Å². The van der Waals surface area contributed by atoms with Crippen LogP contribution in [0.4, 0.5) is 0 Å². The van der Waals surface area contributed by atoms with E-state index in [-0.39, 0.29) is 24.7 Å². The van der Waals surface area contributed by atoms with Crippen LogP contribution in [0.5, 0.6) is 11.5 Å². The van der Waals surface area contributed by atoms with Crippen LogP contribution < -0.4 is 9.47 Å². The minimum atomic E-state index is -1.64. The molecule has 12 nitrogen and oxygen atoms in total. The van der Waals surface area contributed by atoms with Gasteiger partial charge >= 0.3 is 0 Å². The van der Waals surface area contributed by atoms with Crippen molar-refractivity contribution in [3.8, 4) is 11.5 Å². The number of aliphatic hydroxyl groups excluding tert-OH is 7. The first-order valence-electron chi connectivity index (χ1n) is 9.68. The summed E-state index contributed by atoms with van der Waals surface area (Å²) >= 11 is 0. The maximum atomic E-state index is 10.3. The molecule has 0 aromatic heterocycles. The average Bonchev–Trinajstić information content (AvgIpc) is 2.78. The Bertz CT molecular complexity index is 717. The lowest BCUT2D eigenvalue weighted by Crippen LogP contribution is -2.61. The van der Waals surface area contributed by atoms with Gasteiger partial charge in [-0.15, -0.1) is 0 Å². The lowest BCUT2D eigenvalue weighted by molar-refractivity contribution is -0.307. The maximum absolute atomic E-state index is 10.3. The number of rotatable bonds is 7. The molecule has 0 aliphatic carbocycles. The van der Waals surface area contributed by atoms with E-state index in [1.807, 2.05) is 0 Å². The molecule has 2 saturated heterocycles. The molecular formula is C19H28O12. The SMILES string of the molecule is COc1cc(CO)ccc1OC1OC(COC2OCC(O)C(O)C2O)C(O)C(O)C1O. The van der Waals surface area contributed by atoms with Gasteiger partial charge in [0.1, 0.15) is 42.7 Å². The van der Waals surface area contributed by atoms with Gasteiger partial charge in [-0.2, -0.15) is 0 Å². The van der Waals surface area contributed by atoms with Crippen molar-refractivity contribution in [1.82, 2.24) is 0 Å². The van der Waals surface area contributed by atoms with Crippen molar-refractivity contribution in [3.63, 3.8) is 0 Å². The lowest BCUT2D eigenvalue weighted by Gasteiger charge is -2.41. The van der Waals surface area contributed by atoms with E-state index in [1.165, 1.54) is 19.2 Å². The maximum Gasteiger partial charge on any atom is 0.229 e. The zero-order valence-electron chi connectivity index (χ0n) is 16.7. The fourth-order valence-corrected chi connectivity index (χ4v) is 3.30. The van der Waals surface area contributed by atoms with E-state index in [0.29, 0.717) is 5.56 Å². The predicted molar refractivity (Wildman–Crippen MR) is 99.9 cm³/mol. The van der Waals surface area contributed by atoms with Gasteiger partial charge in [-0.1, -0.05) is 6.07 Å². The topological polar surface area (TPSA) is 188 Å². The Labute approximate surface area is 177 Å². The first kappa shape index (κ1) is 24.1. The fraction of sp³-hybridized carbons (Fsp3) is 0.684. The highest BCUT2D eigenvalue weighted by molar-refractivity contribution is 5.43. The normalized spacial score (nSPS) is 38.6. The summed E-state index contributed by atoms with van der Waals surface area (Å²) in [6, 6.07) is 4.58. The molecule has 12 heteroatoms. The van der Waals surface area contributed by atoms with E-state index in [1.54, 1.807) is 6.07 Å². The number of benzene rings is 1. The molecule has 2 fully saturated rings. The summed E-state index contributed by atoms with van der Waals surface area (Å²) in [5, 5.41) is 69.1. The Balaban J connectivity index is 1.67. The van der Waals surface area contributed by atoms with Crippen molar-refractivity contribution in [1.29, 1.82) is 0 Å². The summed E-state index contributed by atoms with van der Waals surface area (Å²) in [7, 11) is 1.39. The van der Waals surface area contributed by atoms with Crippen molar-refractivity contribution in [2.24, 2.45) is 0 Å². The molecule has 9 atom stereocenters. The molecule has 0 saturated carbocycles. The minimum Gasteiger partial charge on any atom is -0.493 e. The molecule has 3 rings (SSSR count). The van der Waals surface area contributed by atoms with Gasteiger partial charge in [-0.25, -0.2) is 0 Å². The molecule has 31 heavy (non-hydrogen) atoms. The molecule has 2 aliphatic heterocycles. The smallest absolute Gasteiger partial charge is 0.229 e. The van der Waals surface area contributed by atoms with Crippen molar-refractivity contribution >= 4 is 0 Å². The van der Waals surface area contributed by atoms with Crippen LogP contribution in [0.15, 0.2) is 18.2 Å². The van der Waals surface area contributed by atoms with Crippen molar-refractivity contribution in [2.75, 3.05) is 20.3 Å². The summed E-state index contributed by atoms with van der Waals surface area (Å²) in [5.74, 6) is 0.414. The Kier molecular flexibility index (Phi) is 8.04. The monoisotopic (exact) mass is 448 g/mol. The Morgan fingerprint density at radius 3 is 2.29 bits per heavy atom. The Morgan fingerprint density at radius 2 is 1.61 bits per heavy atom. The van der Waals surface area contributed by atoms with Gasteiger partial charge in [0.05, 0.1) is 26.9 Å². The van der Waals surface area contributed by atoms with Crippen LogP contribution in [0.1, 0.15) is 5.56 Å². The Morgan fingerprint density at radius 1 is 0.903 bits per heavy atom. The number of ether oxygens (including phenoxy) is 5. The number of methoxy groups -OCH3 is 1. The molecular weight excluding hydrogens is 420 g/mol. The molecule has 7 N–H and O–H groups in total. The van der Waals surface area contributed by atoms with Gasteiger partial charge in [0, 0.05) is 0 Å². The summed E-state index contributed by atoms with van der Waals surface area (Å²) in [6.07, 6.45) is -13.0. The molecule has 2 heterocycles. The van der Waals surface area contributed by atoms with Gasteiger partial charge < -0.3 is 59.4 Å². The molecule has 9 unspecified atom stereocenters. The average molecular weight is 448 g/mol. The summed E-state index contributed by atoms with van der Waals surface area (Å²) in [5.41, 5.74) is 0.564. The first-order valence-corrected chi connectivity index (χ1v) is 9.68. The van der Waals surface area contributed by atoms with Crippen LogP contribution in [0.2, 0.25) is 0 Å². The zero-order chi connectivity index (χ0) is 22.7. The highest BCUT2D eigenvalue weighted by Gasteiger charge is 2.46. The predicted octanol–water partition coefficient (Wildman–Crippen LogP) is -3.17. The van der Waals surface area contributed by atoms with Gasteiger partial charge in [-0.05, 0) is 17.7 Å². The van der Waals surface area contributed by atoms with Crippen LogP contribution in [0.25, 0.3) is 0 Å². The van der Waals surface area contributed by atoms with Gasteiger partial charge in [0.25, 0.3) is 0 Å². The lowest BCUT2D eigenvalue weighted by atomic mass is 9.99. The molecule has 0 spiro atoms. The van der Waals surface area contributed by atoms with Crippen LogP contribution in [0, 0.1) is 0 Å². The third-order valence-electron chi connectivity index (χ3n) is 5.20.